The SMILES string of the molecule is COC(=O)c1cc(F)ccc1NCC(OC)OC. The number of hydrogen-bond donors (Lipinski definition) is 1. The van der Waals surface area contributed by atoms with Crippen molar-refractivity contribution < 1.29 is 23.4 Å². The second-order valence-electron chi connectivity index (χ2n) is 3.46. The Morgan fingerprint density at radius 1 is 1.33 bits per heavy atom. The zero-order chi connectivity index (χ0) is 13.5. The first-order valence-electron chi connectivity index (χ1n) is 5.29. The molecule has 0 fully saturated rings. The normalized spacial score (nSPS) is 10.5. The Kier molecular flexibility index (Phi) is 5.54. The van der Waals surface area contributed by atoms with Gasteiger partial charge in [-0.25, -0.2) is 9.18 Å². The van der Waals surface area contributed by atoms with E-state index < -0.39 is 18.1 Å². The van der Waals surface area contributed by atoms with Crippen molar-refractivity contribution in [2.24, 2.45) is 0 Å². The van der Waals surface area contributed by atoms with E-state index in [1.807, 2.05) is 0 Å². The Bertz CT molecular complexity index is 407. The number of esters is 1. The Labute approximate surface area is 105 Å². The van der Waals surface area contributed by atoms with E-state index in [4.69, 9.17) is 9.47 Å². The molecule has 0 aliphatic rings. The van der Waals surface area contributed by atoms with Crippen molar-refractivity contribution in [3.8, 4) is 0 Å². The van der Waals surface area contributed by atoms with Gasteiger partial charge in [-0.1, -0.05) is 0 Å². The fraction of sp³-hybridized carbons (Fsp3) is 0.417. The molecule has 1 aromatic rings. The molecule has 0 radical (unpaired) electrons. The van der Waals surface area contributed by atoms with Gasteiger partial charge in [0.05, 0.1) is 19.2 Å². The highest BCUT2D eigenvalue weighted by molar-refractivity contribution is 5.95. The van der Waals surface area contributed by atoms with Gasteiger partial charge in [0, 0.05) is 19.9 Å². The topological polar surface area (TPSA) is 56.8 Å². The van der Waals surface area contributed by atoms with Crippen LogP contribution in [0.3, 0.4) is 0 Å². The molecule has 0 aliphatic heterocycles. The molecule has 1 aromatic carbocycles. The minimum Gasteiger partial charge on any atom is -0.465 e. The monoisotopic (exact) mass is 257 g/mol. The van der Waals surface area contributed by atoms with Crippen molar-refractivity contribution >= 4 is 11.7 Å². The maximum absolute atomic E-state index is 13.1. The molecule has 0 amide bonds. The van der Waals surface area contributed by atoms with E-state index in [1.165, 1.54) is 33.5 Å². The van der Waals surface area contributed by atoms with Gasteiger partial charge in [0.1, 0.15) is 5.82 Å². The molecular weight excluding hydrogens is 241 g/mol. The summed E-state index contributed by atoms with van der Waals surface area (Å²) in [6.45, 7) is 0.322. The summed E-state index contributed by atoms with van der Waals surface area (Å²) in [5, 5.41) is 2.94. The molecule has 0 bridgehead atoms. The number of nitrogens with one attached hydrogen (secondary N) is 1. The molecule has 18 heavy (non-hydrogen) atoms. The van der Waals surface area contributed by atoms with Crippen LogP contribution in [0.15, 0.2) is 18.2 Å². The third kappa shape index (κ3) is 3.68. The highest BCUT2D eigenvalue weighted by Crippen LogP contribution is 2.18. The lowest BCUT2D eigenvalue weighted by Gasteiger charge is -2.16. The highest BCUT2D eigenvalue weighted by atomic mass is 19.1. The summed E-state index contributed by atoms with van der Waals surface area (Å²) in [6, 6.07) is 3.83. The van der Waals surface area contributed by atoms with Crippen molar-refractivity contribution in [2.45, 2.75) is 6.29 Å². The standard InChI is InChI=1S/C12H16FNO4/c1-16-11(17-2)7-14-10-5-4-8(13)6-9(10)12(15)18-3/h4-6,11,14H,7H2,1-3H3. The van der Waals surface area contributed by atoms with Crippen molar-refractivity contribution in [1.29, 1.82) is 0 Å². The Morgan fingerprint density at radius 3 is 2.56 bits per heavy atom. The average molecular weight is 257 g/mol. The number of benzene rings is 1. The third-order valence-electron chi connectivity index (χ3n) is 2.37. The van der Waals surface area contributed by atoms with Crippen molar-refractivity contribution in [3.05, 3.63) is 29.6 Å². The first-order valence-corrected chi connectivity index (χ1v) is 5.29. The summed E-state index contributed by atoms with van der Waals surface area (Å²) in [5.41, 5.74) is 0.589. The first kappa shape index (κ1) is 14.4. The number of hydrogen-bond acceptors (Lipinski definition) is 5. The molecule has 6 heteroatoms. The van der Waals surface area contributed by atoms with Crippen molar-refractivity contribution in [1.82, 2.24) is 0 Å². The molecule has 100 valence electrons. The summed E-state index contributed by atoms with van der Waals surface area (Å²) in [4.78, 5) is 11.5. The minimum absolute atomic E-state index is 0.128. The van der Waals surface area contributed by atoms with E-state index in [2.05, 4.69) is 10.1 Å². The van der Waals surface area contributed by atoms with Crippen LogP contribution in [-0.4, -0.2) is 40.1 Å². The molecule has 0 saturated carbocycles. The predicted molar refractivity (Wildman–Crippen MR) is 64.0 cm³/mol. The van der Waals surface area contributed by atoms with Gasteiger partial charge < -0.3 is 19.5 Å². The second kappa shape index (κ2) is 6.93. The van der Waals surface area contributed by atoms with Gasteiger partial charge in [-0.15, -0.1) is 0 Å². The number of methoxy groups -OCH3 is 3. The Balaban J connectivity index is 2.84. The zero-order valence-electron chi connectivity index (χ0n) is 10.5. The molecular formula is C12H16FNO4. The van der Waals surface area contributed by atoms with Crippen LogP contribution in [0.4, 0.5) is 10.1 Å². The van der Waals surface area contributed by atoms with Gasteiger partial charge in [-0.2, -0.15) is 0 Å². The van der Waals surface area contributed by atoms with Crippen LogP contribution in [0.1, 0.15) is 10.4 Å². The molecule has 0 aliphatic carbocycles. The van der Waals surface area contributed by atoms with Crippen LogP contribution in [0.5, 0.6) is 0 Å². The third-order valence-corrected chi connectivity index (χ3v) is 2.37. The lowest BCUT2D eigenvalue weighted by atomic mass is 10.1. The number of carbonyl (C=O) groups excluding carboxylic acids is 1. The molecule has 0 saturated heterocycles. The van der Waals surface area contributed by atoms with Crippen LogP contribution in [0.2, 0.25) is 0 Å². The predicted octanol–water partition coefficient (Wildman–Crippen LogP) is 1.64. The van der Waals surface area contributed by atoms with Gasteiger partial charge in [0.15, 0.2) is 6.29 Å². The lowest BCUT2D eigenvalue weighted by Crippen LogP contribution is -2.24. The molecule has 1 rings (SSSR count). The van der Waals surface area contributed by atoms with E-state index in [0.29, 0.717) is 12.2 Å². The van der Waals surface area contributed by atoms with Crippen LogP contribution in [0.25, 0.3) is 0 Å². The molecule has 0 aromatic heterocycles. The molecule has 0 unspecified atom stereocenters. The van der Waals surface area contributed by atoms with Gasteiger partial charge in [0.2, 0.25) is 0 Å². The van der Waals surface area contributed by atoms with E-state index in [0.717, 1.165) is 6.07 Å². The minimum atomic E-state index is -0.608. The van der Waals surface area contributed by atoms with Gasteiger partial charge in [0.25, 0.3) is 0 Å². The van der Waals surface area contributed by atoms with E-state index in [9.17, 15) is 9.18 Å². The fourth-order valence-corrected chi connectivity index (χ4v) is 1.41. The smallest absolute Gasteiger partial charge is 0.340 e. The molecule has 1 N–H and O–H groups in total. The Morgan fingerprint density at radius 2 is 2.00 bits per heavy atom. The summed E-state index contributed by atoms with van der Waals surface area (Å²) >= 11 is 0. The fourth-order valence-electron chi connectivity index (χ4n) is 1.41. The number of ether oxygens (including phenoxy) is 3. The first-order chi connectivity index (χ1) is 8.62. The molecule has 5 nitrogen and oxygen atoms in total. The largest absolute Gasteiger partial charge is 0.465 e. The number of anilines is 1. The van der Waals surface area contributed by atoms with Crippen molar-refractivity contribution in [2.75, 3.05) is 33.2 Å². The summed E-state index contributed by atoms with van der Waals surface area (Å²) in [7, 11) is 4.24. The van der Waals surface area contributed by atoms with Crippen LogP contribution in [-0.2, 0) is 14.2 Å². The number of rotatable bonds is 6. The maximum atomic E-state index is 13.1. The van der Waals surface area contributed by atoms with Gasteiger partial charge >= 0.3 is 5.97 Å². The molecule has 0 spiro atoms. The molecule has 0 atom stereocenters. The van der Waals surface area contributed by atoms with E-state index in [1.54, 1.807) is 0 Å². The second-order valence-corrected chi connectivity index (χ2v) is 3.46. The summed E-state index contributed by atoms with van der Waals surface area (Å²) in [6.07, 6.45) is -0.458. The van der Waals surface area contributed by atoms with Crippen LogP contribution >= 0.6 is 0 Å². The zero-order valence-corrected chi connectivity index (χ0v) is 10.5. The van der Waals surface area contributed by atoms with Gasteiger partial charge in [-0.3, -0.25) is 0 Å². The average Bonchev–Trinajstić information content (AvgIpc) is 2.40. The Hall–Kier alpha value is -1.66. The van der Waals surface area contributed by atoms with E-state index >= 15 is 0 Å². The van der Waals surface area contributed by atoms with Crippen LogP contribution < -0.4 is 5.32 Å². The quantitative estimate of drug-likeness (QED) is 0.620. The summed E-state index contributed by atoms with van der Waals surface area (Å²) in [5.74, 6) is -1.11. The van der Waals surface area contributed by atoms with E-state index in [-0.39, 0.29) is 5.56 Å². The number of carbonyl (C=O) groups is 1. The highest BCUT2D eigenvalue weighted by Gasteiger charge is 2.14. The van der Waals surface area contributed by atoms with Crippen LogP contribution in [0, 0.1) is 5.82 Å². The summed E-state index contributed by atoms with van der Waals surface area (Å²) < 4.78 is 27.7. The van der Waals surface area contributed by atoms with Gasteiger partial charge in [-0.05, 0) is 18.2 Å². The number of halogens is 1. The maximum Gasteiger partial charge on any atom is 0.340 e. The lowest BCUT2D eigenvalue weighted by molar-refractivity contribution is -0.0914. The van der Waals surface area contributed by atoms with Crippen molar-refractivity contribution in [3.63, 3.8) is 0 Å². The molecule has 0 heterocycles.